The van der Waals surface area contributed by atoms with Gasteiger partial charge in [-0.15, -0.1) is 0 Å². The van der Waals surface area contributed by atoms with Gasteiger partial charge in [0.1, 0.15) is 0 Å². The zero-order chi connectivity index (χ0) is 15.1. The number of hydrogen-bond donors (Lipinski definition) is 2. The lowest BCUT2D eigenvalue weighted by Crippen LogP contribution is -2.19. The fourth-order valence-corrected chi connectivity index (χ4v) is 1.67. The summed E-state index contributed by atoms with van der Waals surface area (Å²) in [6.07, 6.45) is 4.71. The number of rotatable bonds is 8. The summed E-state index contributed by atoms with van der Waals surface area (Å²) >= 11 is 0. The number of hydrogen-bond acceptors (Lipinski definition) is 7. The molecule has 2 rings (SSSR count). The van der Waals surface area contributed by atoms with E-state index in [4.69, 9.17) is 0 Å². The average Bonchev–Trinajstić information content (AvgIpc) is 2.98. The lowest BCUT2D eigenvalue weighted by atomic mass is 10.5. The fourth-order valence-electron chi connectivity index (χ4n) is 1.67. The maximum atomic E-state index is 4.38. The first-order valence-electron chi connectivity index (χ1n) is 7.07. The van der Waals surface area contributed by atoms with E-state index in [1.54, 1.807) is 6.20 Å². The van der Waals surface area contributed by atoms with E-state index in [0.717, 1.165) is 19.5 Å². The Morgan fingerprint density at radius 2 is 1.81 bits per heavy atom. The summed E-state index contributed by atoms with van der Waals surface area (Å²) in [6.45, 7) is 4.40. The Kier molecular flexibility index (Phi) is 5.30. The molecule has 2 heterocycles. The zero-order valence-corrected chi connectivity index (χ0v) is 12.7. The maximum Gasteiger partial charge on any atom is 0.231 e. The first-order chi connectivity index (χ1) is 10.2. The first kappa shape index (κ1) is 15.0. The Bertz CT molecular complexity index is 537. The van der Waals surface area contributed by atoms with E-state index in [9.17, 15) is 0 Å². The van der Waals surface area contributed by atoms with E-state index in [-0.39, 0.29) is 0 Å². The van der Waals surface area contributed by atoms with Crippen molar-refractivity contribution in [2.75, 3.05) is 42.7 Å². The third kappa shape index (κ3) is 4.59. The van der Waals surface area contributed by atoms with Crippen molar-refractivity contribution in [1.82, 2.24) is 24.7 Å². The van der Waals surface area contributed by atoms with Gasteiger partial charge in [-0.1, -0.05) is 6.92 Å². The van der Waals surface area contributed by atoms with E-state index in [2.05, 4.69) is 37.6 Å². The molecule has 0 unspecified atom stereocenters. The molecule has 0 fully saturated rings. The average molecular weight is 290 g/mol. The minimum atomic E-state index is 0.569. The highest BCUT2D eigenvalue weighted by Crippen LogP contribution is 2.11. The third-order valence-corrected chi connectivity index (χ3v) is 2.74. The van der Waals surface area contributed by atoms with Crippen LogP contribution in [0.2, 0.25) is 0 Å². The molecule has 0 saturated heterocycles. The van der Waals surface area contributed by atoms with Gasteiger partial charge in [-0.05, 0) is 12.5 Å². The molecule has 0 aliphatic carbocycles. The monoisotopic (exact) mass is 290 g/mol. The van der Waals surface area contributed by atoms with E-state index >= 15 is 0 Å². The van der Waals surface area contributed by atoms with Crippen LogP contribution in [-0.4, -0.2) is 51.9 Å². The maximum absolute atomic E-state index is 4.38. The van der Waals surface area contributed by atoms with Crippen molar-refractivity contribution in [3.8, 4) is 0 Å². The molecule has 8 heteroatoms. The summed E-state index contributed by atoms with van der Waals surface area (Å²) < 4.78 is 1.86. The van der Waals surface area contributed by atoms with Crippen LogP contribution in [0.5, 0.6) is 0 Å². The highest BCUT2D eigenvalue weighted by Gasteiger charge is 2.07. The lowest BCUT2D eigenvalue weighted by Gasteiger charge is -2.14. The molecule has 0 amide bonds. The van der Waals surface area contributed by atoms with Crippen LogP contribution in [0.15, 0.2) is 18.5 Å². The Hall–Kier alpha value is -2.38. The number of nitrogens with zero attached hydrogens (tertiary/aromatic N) is 6. The molecule has 0 radical (unpaired) electrons. The minimum Gasteiger partial charge on any atom is -0.354 e. The van der Waals surface area contributed by atoms with Crippen molar-refractivity contribution in [1.29, 1.82) is 0 Å². The van der Waals surface area contributed by atoms with Crippen molar-refractivity contribution >= 4 is 17.8 Å². The Balaban J connectivity index is 2.00. The molecular formula is C13H22N8. The van der Waals surface area contributed by atoms with E-state index in [1.807, 2.05) is 35.9 Å². The van der Waals surface area contributed by atoms with E-state index < -0.39 is 0 Å². The molecule has 21 heavy (non-hydrogen) atoms. The van der Waals surface area contributed by atoms with Gasteiger partial charge in [-0.2, -0.15) is 20.1 Å². The largest absolute Gasteiger partial charge is 0.354 e. The normalized spacial score (nSPS) is 10.4. The smallest absolute Gasteiger partial charge is 0.231 e. The second-order valence-corrected chi connectivity index (χ2v) is 4.80. The molecule has 2 N–H and O–H groups in total. The van der Waals surface area contributed by atoms with Crippen molar-refractivity contribution < 1.29 is 0 Å². The summed E-state index contributed by atoms with van der Waals surface area (Å²) in [7, 11) is 3.82. The van der Waals surface area contributed by atoms with Gasteiger partial charge in [-0.3, -0.25) is 4.68 Å². The van der Waals surface area contributed by atoms with E-state index in [0.29, 0.717) is 24.4 Å². The molecule has 0 spiro atoms. The van der Waals surface area contributed by atoms with Gasteiger partial charge >= 0.3 is 0 Å². The zero-order valence-electron chi connectivity index (χ0n) is 12.7. The number of anilines is 3. The van der Waals surface area contributed by atoms with Gasteiger partial charge in [0.05, 0.1) is 6.54 Å². The molecule has 114 valence electrons. The quantitative estimate of drug-likeness (QED) is 0.752. The SMILES string of the molecule is CCCNc1nc(NCCn2cccn2)nc(N(C)C)n1. The molecule has 0 aliphatic heterocycles. The van der Waals surface area contributed by atoms with Gasteiger partial charge < -0.3 is 15.5 Å². The van der Waals surface area contributed by atoms with Crippen LogP contribution in [0, 0.1) is 0 Å². The van der Waals surface area contributed by atoms with Crippen LogP contribution >= 0.6 is 0 Å². The van der Waals surface area contributed by atoms with Gasteiger partial charge in [-0.25, -0.2) is 0 Å². The predicted molar refractivity (Wildman–Crippen MR) is 83.7 cm³/mol. The minimum absolute atomic E-state index is 0.569. The summed E-state index contributed by atoms with van der Waals surface area (Å²) in [4.78, 5) is 15.0. The van der Waals surface area contributed by atoms with Gasteiger partial charge in [0.2, 0.25) is 17.8 Å². The van der Waals surface area contributed by atoms with Crippen LogP contribution < -0.4 is 15.5 Å². The summed E-state index contributed by atoms with van der Waals surface area (Å²) in [5, 5.41) is 10.5. The van der Waals surface area contributed by atoms with Gasteiger partial charge in [0.15, 0.2) is 0 Å². The number of aromatic nitrogens is 5. The first-order valence-corrected chi connectivity index (χ1v) is 7.07. The van der Waals surface area contributed by atoms with E-state index in [1.165, 1.54) is 0 Å². The second kappa shape index (κ2) is 7.41. The number of nitrogens with one attached hydrogen (secondary N) is 2. The second-order valence-electron chi connectivity index (χ2n) is 4.80. The highest BCUT2D eigenvalue weighted by atomic mass is 15.3. The molecule has 2 aromatic heterocycles. The van der Waals surface area contributed by atoms with Crippen LogP contribution in [-0.2, 0) is 6.54 Å². The molecule has 2 aromatic rings. The lowest BCUT2D eigenvalue weighted by molar-refractivity contribution is 0.636. The standard InChI is InChI=1S/C13H22N8/c1-4-6-14-11-17-12(19-13(18-11)20(2)3)15-8-10-21-9-5-7-16-21/h5,7,9H,4,6,8,10H2,1-3H3,(H2,14,15,17,18,19). The molecule has 0 atom stereocenters. The fraction of sp³-hybridized carbons (Fsp3) is 0.538. The predicted octanol–water partition coefficient (Wildman–Crippen LogP) is 1.07. The molecule has 8 nitrogen and oxygen atoms in total. The van der Waals surface area contributed by atoms with Crippen LogP contribution in [0.1, 0.15) is 13.3 Å². The summed E-state index contributed by atoms with van der Waals surface area (Å²) in [5.41, 5.74) is 0. The molecular weight excluding hydrogens is 268 g/mol. The van der Waals surface area contributed by atoms with Gasteiger partial charge in [0.25, 0.3) is 0 Å². The van der Waals surface area contributed by atoms with Crippen molar-refractivity contribution in [2.45, 2.75) is 19.9 Å². The Labute approximate surface area is 124 Å². The summed E-state index contributed by atoms with van der Waals surface area (Å²) in [6, 6.07) is 1.90. The third-order valence-electron chi connectivity index (χ3n) is 2.74. The highest BCUT2D eigenvalue weighted by molar-refractivity contribution is 5.42. The van der Waals surface area contributed by atoms with Crippen molar-refractivity contribution in [3.63, 3.8) is 0 Å². The molecule has 0 bridgehead atoms. The van der Waals surface area contributed by atoms with Gasteiger partial charge in [0, 0.05) is 39.6 Å². The molecule has 0 aromatic carbocycles. The summed E-state index contributed by atoms with van der Waals surface area (Å²) in [5.74, 6) is 1.79. The van der Waals surface area contributed by atoms with Crippen LogP contribution in [0.3, 0.4) is 0 Å². The van der Waals surface area contributed by atoms with Crippen molar-refractivity contribution in [3.05, 3.63) is 18.5 Å². The van der Waals surface area contributed by atoms with Crippen molar-refractivity contribution in [2.24, 2.45) is 0 Å². The Morgan fingerprint density at radius 1 is 1.10 bits per heavy atom. The van der Waals surface area contributed by atoms with Crippen LogP contribution in [0.4, 0.5) is 17.8 Å². The molecule has 0 aliphatic rings. The Morgan fingerprint density at radius 3 is 2.38 bits per heavy atom. The van der Waals surface area contributed by atoms with Crippen LogP contribution in [0.25, 0.3) is 0 Å². The molecule has 0 saturated carbocycles. The topological polar surface area (TPSA) is 83.8 Å².